The molecular weight excluding hydrogens is 206 g/mol. The summed E-state index contributed by atoms with van der Waals surface area (Å²) in [4.78, 5) is 15.4. The molecule has 0 saturated carbocycles. The minimum Gasteiger partial charge on any atom is -0.464 e. The number of aromatic nitrogens is 3. The summed E-state index contributed by atoms with van der Waals surface area (Å²) in [5, 5.41) is 4.08. The molecule has 5 nitrogen and oxygen atoms in total. The second kappa shape index (κ2) is 4.14. The number of pyridine rings is 1. The molecule has 5 heteroatoms. The molecule has 2 rings (SSSR count). The Morgan fingerprint density at radius 1 is 1.38 bits per heavy atom. The van der Waals surface area contributed by atoms with E-state index in [9.17, 15) is 4.79 Å². The van der Waals surface area contributed by atoms with E-state index >= 15 is 0 Å². The van der Waals surface area contributed by atoms with Gasteiger partial charge in [-0.05, 0) is 25.1 Å². The van der Waals surface area contributed by atoms with Crippen LogP contribution >= 0.6 is 0 Å². The van der Waals surface area contributed by atoms with Crippen LogP contribution in [-0.2, 0) is 4.74 Å². The Morgan fingerprint density at radius 3 is 2.81 bits per heavy atom. The standard InChI is InChI=1S/C11H11N3O2/c1-8-3-4-9(7-12-8)14-6-5-10(13-14)11(15)16-2/h3-7H,1-2H3. The molecule has 0 N–H and O–H groups in total. The van der Waals surface area contributed by atoms with Gasteiger partial charge in [0.15, 0.2) is 5.69 Å². The number of carbonyl (C=O) groups is 1. The van der Waals surface area contributed by atoms with E-state index in [0.29, 0.717) is 0 Å². The fraction of sp³-hybridized carbons (Fsp3) is 0.182. The molecule has 0 spiro atoms. The van der Waals surface area contributed by atoms with Crippen LogP contribution in [0.5, 0.6) is 0 Å². The zero-order valence-corrected chi connectivity index (χ0v) is 9.04. The van der Waals surface area contributed by atoms with Crippen LogP contribution in [0.1, 0.15) is 16.2 Å². The molecule has 0 fully saturated rings. The molecule has 0 amide bonds. The number of esters is 1. The van der Waals surface area contributed by atoms with Gasteiger partial charge in [-0.25, -0.2) is 9.48 Å². The zero-order valence-electron chi connectivity index (χ0n) is 9.04. The first-order valence-electron chi connectivity index (χ1n) is 4.78. The van der Waals surface area contributed by atoms with Gasteiger partial charge >= 0.3 is 5.97 Å². The lowest BCUT2D eigenvalue weighted by atomic mass is 10.3. The van der Waals surface area contributed by atoms with Crippen molar-refractivity contribution in [3.8, 4) is 5.69 Å². The maximum absolute atomic E-state index is 11.2. The molecular formula is C11H11N3O2. The molecule has 2 aromatic rings. The Hall–Kier alpha value is -2.17. The lowest BCUT2D eigenvalue weighted by molar-refractivity contribution is 0.0593. The summed E-state index contributed by atoms with van der Waals surface area (Å²) in [7, 11) is 1.33. The van der Waals surface area contributed by atoms with E-state index in [4.69, 9.17) is 0 Å². The van der Waals surface area contributed by atoms with E-state index in [1.807, 2.05) is 19.1 Å². The number of carbonyl (C=O) groups excluding carboxylic acids is 1. The van der Waals surface area contributed by atoms with Gasteiger partial charge in [-0.2, -0.15) is 5.10 Å². The third kappa shape index (κ3) is 1.93. The molecule has 2 aromatic heterocycles. The minimum atomic E-state index is -0.446. The summed E-state index contributed by atoms with van der Waals surface area (Å²) in [5.74, 6) is -0.446. The van der Waals surface area contributed by atoms with E-state index in [1.165, 1.54) is 7.11 Å². The van der Waals surface area contributed by atoms with Crippen LogP contribution in [0, 0.1) is 6.92 Å². The largest absolute Gasteiger partial charge is 0.464 e. The summed E-state index contributed by atoms with van der Waals surface area (Å²) in [6, 6.07) is 5.37. The van der Waals surface area contributed by atoms with Crippen molar-refractivity contribution in [1.82, 2.24) is 14.8 Å². The molecule has 0 saturated heterocycles. The van der Waals surface area contributed by atoms with Gasteiger partial charge in [-0.3, -0.25) is 4.98 Å². The Bertz CT molecular complexity index is 502. The van der Waals surface area contributed by atoms with Gasteiger partial charge in [-0.15, -0.1) is 0 Å². The number of ether oxygens (including phenoxy) is 1. The molecule has 2 heterocycles. The summed E-state index contributed by atoms with van der Waals surface area (Å²) in [5.41, 5.74) is 2.02. The fourth-order valence-corrected chi connectivity index (χ4v) is 1.28. The average molecular weight is 217 g/mol. The number of aryl methyl sites for hydroxylation is 1. The van der Waals surface area contributed by atoms with Crippen LogP contribution < -0.4 is 0 Å². The Balaban J connectivity index is 2.31. The summed E-state index contributed by atoms with van der Waals surface area (Å²) >= 11 is 0. The van der Waals surface area contributed by atoms with Crippen molar-refractivity contribution in [3.63, 3.8) is 0 Å². The highest BCUT2D eigenvalue weighted by Gasteiger charge is 2.09. The molecule has 0 aliphatic heterocycles. The van der Waals surface area contributed by atoms with Crippen LogP contribution in [0.2, 0.25) is 0 Å². The first kappa shape index (κ1) is 10.4. The third-order valence-electron chi connectivity index (χ3n) is 2.14. The predicted molar refractivity (Wildman–Crippen MR) is 57.4 cm³/mol. The van der Waals surface area contributed by atoms with Gasteiger partial charge in [0.2, 0.25) is 0 Å². The van der Waals surface area contributed by atoms with Crippen LogP contribution in [0.4, 0.5) is 0 Å². The van der Waals surface area contributed by atoms with E-state index in [0.717, 1.165) is 11.4 Å². The van der Waals surface area contributed by atoms with Gasteiger partial charge in [0.05, 0.1) is 19.0 Å². The maximum atomic E-state index is 11.2. The quantitative estimate of drug-likeness (QED) is 0.713. The van der Waals surface area contributed by atoms with E-state index in [-0.39, 0.29) is 5.69 Å². The first-order chi connectivity index (χ1) is 7.70. The van der Waals surface area contributed by atoms with Gasteiger partial charge < -0.3 is 4.74 Å². The highest BCUT2D eigenvalue weighted by Crippen LogP contribution is 2.07. The molecule has 16 heavy (non-hydrogen) atoms. The summed E-state index contributed by atoms with van der Waals surface area (Å²) in [6.07, 6.45) is 3.39. The Kier molecular flexibility index (Phi) is 2.68. The molecule has 82 valence electrons. The normalized spacial score (nSPS) is 10.1. The zero-order chi connectivity index (χ0) is 11.5. The maximum Gasteiger partial charge on any atom is 0.358 e. The van der Waals surface area contributed by atoms with Crippen molar-refractivity contribution in [2.75, 3.05) is 7.11 Å². The molecule has 0 bridgehead atoms. The Morgan fingerprint density at radius 2 is 2.19 bits per heavy atom. The van der Waals surface area contributed by atoms with Crippen molar-refractivity contribution in [1.29, 1.82) is 0 Å². The first-order valence-corrected chi connectivity index (χ1v) is 4.78. The van der Waals surface area contributed by atoms with E-state index in [2.05, 4.69) is 14.8 Å². The molecule has 0 atom stereocenters. The minimum absolute atomic E-state index is 0.281. The summed E-state index contributed by atoms with van der Waals surface area (Å²) < 4.78 is 6.16. The fourth-order valence-electron chi connectivity index (χ4n) is 1.28. The topological polar surface area (TPSA) is 57.0 Å². The van der Waals surface area contributed by atoms with Crippen LogP contribution in [-0.4, -0.2) is 27.8 Å². The van der Waals surface area contributed by atoms with Crippen molar-refractivity contribution in [3.05, 3.63) is 42.0 Å². The van der Waals surface area contributed by atoms with Crippen LogP contribution in [0.15, 0.2) is 30.6 Å². The molecule has 0 aliphatic carbocycles. The second-order valence-corrected chi connectivity index (χ2v) is 3.29. The summed E-state index contributed by atoms with van der Waals surface area (Å²) in [6.45, 7) is 1.91. The van der Waals surface area contributed by atoms with Crippen molar-refractivity contribution >= 4 is 5.97 Å². The van der Waals surface area contributed by atoms with Gasteiger partial charge in [0, 0.05) is 11.9 Å². The molecule has 0 aromatic carbocycles. The average Bonchev–Trinajstić information content (AvgIpc) is 2.78. The van der Waals surface area contributed by atoms with Crippen LogP contribution in [0.25, 0.3) is 5.69 Å². The van der Waals surface area contributed by atoms with E-state index < -0.39 is 5.97 Å². The second-order valence-electron chi connectivity index (χ2n) is 3.29. The smallest absolute Gasteiger partial charge is 0.358 e. The van der Waals surface area contributed by atoms with Crippen molar-refractivity contribution in [2.45, 2.75) is 6.92 Å². The van der Waals surface area contributed by atoms with Gasteiger partial charge in [-0.1, -0.05) is 0 Å². The van der Waals surface area contributed by atoms with E-state index in [1.54, 1.807) is 23.1 Å². The number of rotatable bonds is 2. The van der Waals surface area contributed by atoms with Crippen LogP contribution in [0.3, 0.4) is 0 Å². The number of hydrogen-bond donors (Lipinski definition) is 0. The molecule has 0 radical (unpaired) electrons. The lowest BCUT2D eigenvalue weighted by Gasteiger charge is -2.00. The van der Waals surface area contributed by atoms with Crippen molar-refractivity contribution in [2.24, 2.45) is 0 Å². The highest BCUT2D eigenvalue weighted by atomic mass is 16.5. The number of hydrogen-bond acceptors (Lipinski definition) is 4. The Labute approximate surface area is 92.7 Å². The van der Waals surface area contributed by atoms with Gasteiger partial charge in [0.25, 0.3) is 0 Å². The lowest BCUT2D eigenvalue weighted by Crippen LogP contribution is -2.04. The number of nitrogens with zero attached hydrogens (tertiary/aromatic N) is 3. The number of methoxy groups -OCH3 is 1. The van der Waals surface area contributed by atoms with Crippen molar-refractivity contribution < 1.29 is 9.53 Å². The third-order valence-corrected chi connectivity index (χ3v) is 2.14. The monoisotopic (exact) mass is 217 g/mol. The van der Waals surface area contributed by atoms with Gasteiger partial charge in [0.1, 0.15) is 0 Å². The SMILES string of the molecule is COC(=O)c1ccn(-c2ccc(C)nc2)n1. The highest BCUT2D eigenvalue weighted by molar-refractivity contribution is 5.86. The predicted octanol–water partition coefficient (Wildman–Crippen LogP) is 1.36. The molecule has 0 unspecified atom stereocenters. The molecule has 0 aliphatic rings.